The standard InChI is InChI=1S/C17H25ClN2O2/c1-12-10-15(16(22-3)11-14(12)18)19-17(21)13(2)20-8-6-4-5-7-9-20/h10-11,13H,4-9H2,1-3H3,(H,19,21)/p+1/t13-/m1/s1. The van der Waals surface area contributed by atoms with Gasteiger partial charge in [-0.2, -0.15) is 0 Å². The molecule has 1 aromatic carbocycles. The van der Waals surface area contributed by atoms with Crippen molar-refractivity contribution in [3.8, 4) is 5.75 Å². The van der Waals surface area contributed by atoms with Crippen molar-refractivity contribution in [2.75, 3.05) is 25.5 Å². The third-order valence-corrected chi connectivity index (χ3v) is 4.90. The Bertz CT molecular complexity index is 526. The quantitative estimate of drug-likeness (QED) is 0.893. The normalized spacial score (nSPS) is 17.6. The Hall–Kier alpha value is -1.26. The summed E-state index contributed by atoms with van der Waals surface area (Å²) in [5.74, 6) is 0.638. The van der Waals surface area contributed by atoms with Gasteiger partial charge in [0.1, 0.15) is 5.75 Å². The number of benzene rings is 1. The summed E-state index contributed by atoms with van der Waals surface area (Å²) in [6.07, 6.45) is 4.97. The molecule has 0 radical (unpaired) electrons. The number of carbonyl (C=O) groups excluding carboxylic acids is 1. The molecule has 1 aliphatic rings. The number of halogens is 1. The van der Waals surface area contributed by atoms with Crippen molar-refractivity contribution in [2.45, 2.75) is 45.6 Å². The Morgan fingerprint density at radius 1 is 1.27 bits per heavy atom. The maximum atomic E-state index is 12.6. The Labute approximate surface area is 137 Å². The van der Waals surface area contributed by atoms with Gasteiger partial charge in [0, 0.05) is 11.1 Å². The summed E-state index contributed by atoms with van der Waals surface area (Å²) >= 11 is 6.11. The van der Waals surface area contributed by atoms with Gasteiger partial charge in [0.05, 0.1) is 25.9 Å². The molecule has 1 heterocycles. The fourth-order valence-electron chi connectivity index (χ4n) is 2.97. The van der Waals surface area contributed by atoms with Gasteiger partial charge in [0.2, 0.25) is 0 Å². The van der Waals surface area contributed by atoms with E-state index in [2.05, 4.69) is 5.32 Å². The van der Waals surface area contributed by atoms with Crippen LogP contribution < -0.4 is 15.0 Å². The van der Waals surface area contributed by atoms with Crippen molar-refractivity contribution in [3.05, 3.63) is 22.7 Å². The largest absolute Gasteiger partial charge is 0.495 e. The Kier molecular flexibility index (Phi) is 6.09. The van der Waals surface area contributed by atoms with E-state index in [4.69, 9.17) is 16.3 Å². The molecular formula is C17H26ClN2O2+. The first kappa shape index (κ1) is 17.1. The number of hydrogen-bond acceptors (Lipinski definition) is 2. The molecule has 1 saturated heterocycles. The molecule has 0 saturated carbocycles. The number of ether oxygens (including phenoxy) is 1. The average molecular weight is 326 g/mol. The highest BCUT2D eigenvalue weighted by Crippen LogP contribution is 2.30. The summed E-state index contributed by atoms with van der Waals surface area (Å²) in [6.45, 7) is 6.07. The van der Waals surface area contributed by atoms with Crippen LogP contribution in [-0.4, -0.2) is 32.1 Å². The minimum Gasteiger partial charge on any atom is -0.495 e. The van der Waals surface area contributed by atoms with E-state index < -0.39 is 0 Å². The molecule has 0 aliphatic carbocycles. The molecule has 1 fully saturated rings. The van der Waals surface area contributed by atoms with E-state index in [9.17, 15) is 4.79 Å². The predicted molar refractivity (Wildman–Crippen MR) is 90.0 cm³/mol. The van der Waals surface area contributed by atoms with Crippen LogP contribution in [0, 0.1) is 6.92 Å². The van der Waals surface area contributed by atoms with Gasteiger partial charge in [-0.25, -0.2) is 0 Å². The van der Waals surface area contributed by atoms with Gasteiger partial charge in [-0.05, 0) is 51.2 Å². The fourth-order valence-corrected chi connectivity index (χ4v) is 3.13. The van der Waals surface area contributed by atoms with Crippen LogP contribution >= 0.6 is 11.6 Å². The van der Waals surface area contributed by atoms with Gasteiger partial charge in [-0.15, -0.1) is 0 Å². The third kappa shape index (κ3) is 4.14. The molecule has 1 amide bonds. The first-order valence-electron chi connectivity index (χ1n) is 8.02. The number of aryl methyl sites for hydroxylation is 1. The van der Waals surface area contributed by atoms with E-state index in [0.29, 0.717) is 16.5 Å². The van der Waals surface area contributed by atoms with E-state index in [1.165, 1.54) is 30.6 Å². The zero-order chi connectivity index (χ0) is 16.1. The molecule has 2 rings (SSSR count). The van der Waals surface area contributed by atoms with E-state index in [1.807, 2.05) is 19.9 Å². The van der Waals surface area contributed by atoms with Crippen molar-refractivity contribution < 1.29 is 14.4 Å². The summed E-state index contributed by atoms with van der Waals surface area (Å²) in [6, 6.07) is 3.55. The molecular weight excluding hydrogens is 300 g/mol. The highest BCUT2D eigenvalue weighted by molar-refractivity contribution is 6.31. The molecule has 0 unspecified atom stereocenters. The predicted octanol–water partition coefficient (Wildman–Crippen LogP) is 2.44. The molecule has 122 valence electrons. The second-order valence-corrected chi connectivity index (χ2v) is 6.49. The Morgan fingerprint density at radius 2 is 1.91 bits per heavy atom. The number of nitrogens with one attached hydrogen (secondary N) is 2. The number of rotatable bonds is 4. The summed E-state index contributed by atoms with van der Waals surface area (Å²) in [5.41, 5.74) is 1.61. The molecule has 2 N–H and O–H groups in total. The van der Waals surface area contributed by atoms with E-state index in [0.717, 1.165) is 18.7 Å². The van der Waals surface area contributed by atoms with Crippen LogP contribution in [0.4, 0.5) is 5.69 Å². The SMILES string of the molecule is COc1cc(Cl)c(C)cc1NC(=O)[C@@H](C)[NH+]1CCCCCC1. The lowest BCUT2D eigenvalue weighted by atomic mass is 10.2. The molecule has 4 nitrogen and oxygen atoms in total. The first-order chi connectivity index (χ1) is 10.5. The minimum atomic E-state index is -0.0567. The molecule has 0 spiro atoms. The molecule has 22 heavy (non-hydrogen) atoms. The molecule has 5 heteroatoms. The number of methoxy groups -OCH3 is 1. The topological polar surface area (TPSA) is 42.8 Å². The lowest BCUT2D eigenvalue weighted by Crippen LogP contribution is -3.16. The lowest BCUT2D eigenvalue weighted by molar-refractivity contribution is -0.913. The number of anilines is 1. The monoisotopic (exact) mass is 325 g/mol. The molecule has 1 aromatic rings. The number of carbonyl (C=O) groups is 1. The van der Waals surface area contributed by atoms with Crippen LogP contribution in [0.3, 0.4) is 0 Å². The zero-order valence-electron chi connectivity index (χ0n) is 13.7. The number of amides is 1. The smallest absolute Gasteiger partial charge is 0.282 e. The van der Waals surface area contributed by atoms with E-state index in [-0.39, 0.29) is 11.9 Å². The van der Waals surface area contributed by atoms with Gasteiger partial charge in [0.15, 0.2) is 6.04 Å². The van der Waals surface area contributed by atoms with Crippen molar-refractivity contribution >= 4 is 23.2 Å². The van der Waals surface area contributed by atoms with Crippen molar-refractivity contribution in [1.29, 1.82) is 0 Å². The number of hydrogen-bond donors (Lipinski definition) is 2. The van der Waals surface area contributed by atoms with Gasteiger partial charge in [0.25, 0.3) is 5.91 Å². The summed E-state index contributed by atoms with van der Waals surface area (Å²) in [4.78, 5) is 13.9. The second kappa shape index (κ2) is 7.84. The summed E-state index contributed by atoms with van der Waals surface area (Å²) in [7, 11) is 1.58. The van der Waals surface area contributed by atoms with Crippen LogP contribution in [0.5, 0.6) is 5.75 Å². The van der Waals surface area contributed by atoms with E-state index in [1.54, 1.807) is 13.2 Å². The van der Waals surface area contributed by atoms with Gasteiger partial charge in [-0.3, -0.25) is 4.79 Å². The zero-order valence-corrected chi connectivity index (χ0v) is 14.4. The highest BCUT2D eigenvalue weighted by Gasteiger charge is 2.26. The van der Waals surface area contributed by atoms with Crippen LogP contribution in [0.1, 0.15) is 38.2 Å². The fraction of sp³-hybridized carbons (Fsp3) is 0.588. The van der Waals surface area contributed by atoms with E-state index >= 15 is 0 Å². The van der Waals surface area contributed by atoms with Crippen LogP contribution in [0.25, 0.3) is 0 Å². The summed E-state index contributed by atoms with van der Waals surface area (Å²) < 4.78 is 5.32. The van der Waals surface area contributed by atoms with Crippen molar-refractivity contribution in [2.24, 2.45) is 0 Å². The third-order valence-electron chi connectivity index (χ3n) is 4.49. The average Bonchev–Trinajstić information content (AvgIpc) is 2.79. The minimum absolute atomic E-state index is 0.0388. The Balaban J connectivity index is 2.09. The number of likely N-dealkylation sites (tertiary alicyclic amines) is 1. The molecule has 1 aliphatic heterocycles. The van der Waals surface area contributed by atoms with Crippen LogP contribution in [0.15, 0.2) is 12.1 Å². The maximum absolute atomic E-state index is 12.6. The number of quaternary nitrogens is 1. The summed E-state index contributed by atoms with van der Waals surface area (Å²) in [5, 5.41) is 3.64. The van der Waals surface area contributed by atoms with Crippen LogP contribution in [0.2, 0.25) is 5.02 Å². The molecule has 1 atom stereocenters. The van der Waals surface area contributed by atoms with Gasteiger partial charge in [-0.1, -0.05) is 11.6 Å². The highest BCUT2D eigenvalue weighted by atomic mass is 35.5. The first-order valence-corrected chi connectivity index (χ1v) is 8.40. The Morgan fingerprint density at radius 3 is 2.50 bits per heavy atom. The van der Waals surface area contributed by atoms with Crippen molar-refractivity contribution in [3.63, 3.8) is 0 Å². The second-order valence-electron chi connectivity index (χ2n) is 6.09. The lowest BCUT2D eigenvalue weighted by Gasteiger charge is -2.24. The maximum Gasteiger partial charge on any atom is 0.282 e. The van der Waals surface area contributed by atoms with Gasteiger partial charge < -0.3 is 15.0 Å². The van der Waals surface area contributed by atoms with Gasteiger partial charge >= 0.3 is 0 Å². The molecule has 0 aromatic heterocycles. The van der Waals surface area contributed by atoms with Crippen LogP contribution in [-0.2, 0) is 4.79 Å². The molecule has 0 bridgehead atoms. The van der Waals surface area contributed by atoms with Crippen molar-refractivity contribution in [1.82, 2.24) is 0 Å².